The highest BCUT2D eigenvalue weighted by molar-refractivity contribution is 5.98. The molecule has 2 saturated carbocycles. The molecular formula is C29H30N2O6. The van der Waals surface area contributed by atoms with Gasteiger partial charge in [-0.1, -0.05) is 6.07 Å². The molecule has 1 spiro atoms. The minimum atomic E-state index is -0.726. The van der Waals surface area contributed by atoms with Crippen LogP contribution < -0.4 is 10.1 Å². The zero-order valence-corrected chi connectivity index (χ0v) is 20.8. The van der Waals surface area contributed by atoms with E-state index in [4.69, 9.17) is 9.47 Å². The third kappa shape index (κ3) is 3.02. The average molecular weight is 503 g/mol. The largest absolute Gasteiger partial charge is 0.504 e. The van der Waals surface area contributed by atoms with E-state index >= 15 is 0 Å². The number of nitrogens with zero attached hydrogens (tertiary/aromatic N) is 1. The predicted octanol–water partition coefficient (Wildman–Crippen LogP) is 2.75. The molecule has 0 radical (unpaired) electrons. The highest BCUT2D eigenvalue weighted by Crippen LogP contribution is 2.65. The van der Waals surface area contributed by atoms with Crippen LogP contribution in [0.2, 0.25) is 0 Å². The number of phenolic OH excluding ortho intramolecular Hbond substituents is 1. The Hall–Kier alpha value is -3.39. The zero-order chi connectivity index (χ0) is 25.5. The molecule has 1 saturated heterocycles. The molecule has 3 fully saturated rings. The number of piperidine rings is 1. The van der Waals surface area contributed by atoms with E-state index in [9.17, 15) is 19.5 Å². The summed E-state index contributed by atoms with van der Waals surface area (Å²) in [5.74, 6) is 0.484. The number of aromatic hydroxyl groups is 1. The lowest BCUT2D eigenvalue weighted by Crippen LogP contribution is -2.81. The Bertz CT molecular complexity index is 1330. The van der Waals surface area contributed by atoms with Crippen LogP contribution in [0.5, 0.6) is 11.5 Å². The van der Waals surface area contributed by atoms with Crippen LogP contribution in [0.1, 0.15) is 63.9 Å². The Balaban J connectivity index is 1.35. The van der Waals surface area contributed by atoms with Crippen LogP contribution in [0.15, 0.2) is 36.4 Å². The second-order valence-corrected chi connectivity index (χ2v) is 11.3. The van der Waals surface area contributed by atoms with Crippen molar-refractivity contribution in [2.24, 2.45) is 5.92 Å². The van der Waals surface area contributed by atoms with Gasteiger partial charge in [-0.2, -0.15) is 0 Å². The first-order valence-electron chi connectivity index (χ1n) is 13.2. The van der Waals surface area contributed by atoms with Crippen LogP contribution in [0.4, 0.5) is 0 Å². The number of benzene rings is 2. The molecule has 7 rings (SSSR count). The first-order valence-corrected chi connectivity index (χ1v) is 13.2. The fourth-order valence-corrected chi connectivity index (χ4v) is 7.71. The first kappa shape index (κ1) is 22.8. The van der Waals surface area contributed by atoms with Gasteiger partial charge in [-0.25, -0.2) is 4.79 Å². The third-order valence-corrected chi connectivity index (χ3v) is 9.52. The molecule has 2 N–H and O–H groups in total. The number of nitrogens with one attached hydrogen (secondary N) is 1. The smallest absolute Gasteiger partial charge is 0.337 e. The summed E-state index contributed by atoms with van der Waals surface area (Å²) >= 11 is 0. The molecule has 3 aliphatic carbocycles. The van der Waals surface area contributed by atoms with Crippen LogP contribution in [0, 0.1) is 5.92 Å². The molecule has 1 unspecified atom stereocenters. The number of methoxy groups -OCH3 is 1. The average Bonchev–Trinajstić information content (AvgIpc) is 3.65. The van der Waals surface area contributed by atoms with Crippen molar-refractivity contribution < 1.29 is 29.0 Å². The number of hydrogen-bond acceptors (Lipinski definition) is 7. The summed E-state index contributed by atoms with van der Waals surface area (Å²) < 4.78 is 11.1. The second kappa shape index (κ2) is 7.81. The monoisotopic (exact) mass is 502 g/mol. The summed E-state index contributed by atoms with van der Waals surface area (Å²) in [6, 6.07) is 10.1. The van der Waals surface area contributed by atoms with Crippen LogP contribution in [0.25, 0.3) is 0 Å². The minimum Gasteiger partial charge on any atom is -0.504 e. The molecule has 2 heterocycles. The van der Waals surface area contributed by atoms with Crippen LogP contribution in [-0.4, -0.2) is 65.6 Å². The van der Waals surface area contributed by atoms with Gasteiger partial charge in [0, 0.05) is 30.1 Å². The molecule has 2 bridgehead atoms. The Morgan fingerprint density at radius 3 is 2.62 bits per heavy atom. The molecule has 4 atom stereocenters. The number of phenols is 1. The lowest BCUT2D eigenvalue weighted by molar-refractivity contribution is -0.143. The molecule has 2 aromatic carbocycles. The van der Waals surface area contributed by atoms with Gasteiger partial charge in [-0.15, -0.1) is 0 Å². The van der Waals surface area contributed by atoms with Crippen molar-refractivity contribution in [3.63, 3.8) is 0 Å². The quantitative estimate of drug-likeness (QED) is 0.606. The van der Waals surface area contributed by atoms with Crippen molar-refractivity contribution in [3.05, 3.63) is 58.7 Å². The van der Waals surface area contributed by atoms with Gasteiger partial charge >= 0.3 is 5.97 Å². The van der Waals surface area contributed by atoms with Crippen molar-refractivity contribution in [3.8, 4) is 11.5 Å². The maximum Gasteiger partial charge on any atom is 0.337 e. The van der Waals surface area contributed by atoms with Gasteiger partial charge in [0.15, 0.2) is 23.4 Å². The Morgan fingerprint density at radius 2 is 1.89 bits per heavy atom. The van der Waals surface area contributed by atoms with Gasteiger partial charge < -0.3 is 19.9 Å². The lowest BCUT2D eigenvalue weighted by atomic mass is 9.47. The van der Waals surface area contributed by atoms with Gasteiger partial charge in [0.05, 0.1) is 23.6 Å². The number of carbonyl (C=O) groups is 3. The Kier molecular flexibility index (Phi) is 4.81. The number of ether oxygens (including phenoxy) is 2. The molecule has 8 heteroatoms. The van der Waals surface area contributed by atoms with Gasteiger partial charge in [-0.3, -0.25) is 14.5 Å². The van der Waals surface area contributed by atoms with Crippen LogP contribution in [0.3, 0.4) is 0 Å². The van der Waals surface area contributed by atoms with E-state index in [1.807, 2.05) is 6.07 Å². The predicted molar refractivity (Wildman–Crippen MR) is 133 cm³/mol. The highest BCUT2D eigenvalue weighted by Gasteiger charge is 2.74. The van der Waals surface area contributed by atoms with Crippen molar-refractivity contribution in [1.29, 1.82) is 0 Å². The SMILES string of the molecule is COC(=O)c1ccc(C(=O)N[C@@]23CCC(=O)C4Oc5c(O)ccc6c5[C@@]42CCN(CC2CC2)[C@@H]3C6)cc1. The summed E-state index contributed by atoms with van der Waals surface area (Å²) in [4.78, 5) is 41.6. The van der Waals surface area contributed by atoms with E-state index < -0.39 is 23.0 Å². The summed E-state index contributed by atoms with van der Waals surface area (Å²) in [5, 5.41) is 14.2. The number of likely N-dealkylation sites (tertiary alicyclic amines) is 1. The van der Waals surface area contributed by atoms with E-state index in [2.05, 4.69) is 10.2 Å². The maximum atomic E-state index is 13.8. The number of esters is 1. The minimum absolute atomic E-state index is 0.0161. The number of Topliss-reactive ketones (excluding diaryl/α,β-unsaturated/α-hetero) is 1. The first-order chi connectivity index (χ1) is 17.9. The number of ketones is 1. The number of hydrogen-bond donors (Lipinski definition) is 2. The van der Waals surface area contributed by atoms with Crippen molar-refractivity contribution in [2.75, 3.05) is 20.2 Å². The second-order valence-electron chi connectivity index (χ2n) is 11.3. The van der Waals surface area contributed by atoms with Crippen LogP contribution >= 0.6 is 0 Å². The highest BCUT2D eigenvalue weighted by atomic mass is 16.5. The standard InChI is InChI=1S/C29H30N2O6/c1-36-27(35)18-6-4-17(5-7-18)26(34)30-29-11-10-21(33)25-28(29)12-13-31(15-16-2-3-16)22(29)14-19-8-9-20(32)24(37-25)23(19)28/h4-9,16,22,25,32H,2-3,10-15H2,1H3,(H,30,34)/t22-,25?,28+,29-/m1/s1. The van der Waals surface area contributed by atoms with E-state index in [0.29, 0.717) is 42.1 Å². The molecule has 5 aliphatic rings. The summed E-state index contributed by atoms with van der Waals surface area (Å²) in [6.07, 6.45) is 3.99. The van der Waals surface area contributed by atoms with Crippen molar-refractivity contribution >= 4 is 17.7 Å². The van der Waals surface area contributed by atoms with E-state index in [-0.39, 0.29) is 23.5 Å². The number of carbonyl (C=O) groups excluding carboxylic acids is 3. The van der Waals surface area contributed by atoms with E-state index in [1.54, 1.807) is 30.3 Å². The van der Waals surface area contributed by atoms with E-state index in [0.717, 1.165) is 30.6 Å². The number of rotatable bonds is 5. The third-order valence-electron chi connectivity index (χ3n) is 9.52. The van der Waals surface area contributed by atoms with Gasteiger partial charge in [0.2, 0.25) is 0 Å². The van der Waals surface area contributed by atoms with Gasteiger partial charge in [0.1, 0.15) is 0 Å². The molecular weight excluding hydrogens is 472 g/mol. The summed E-state index contributed by atoms with van der Waals surface area (Å²) in [6.45, 7) is 1.82. The Morgan fingerprint density at radius 1 is 1.14 bits per heavy atom. The lowest BCUT2D eigenvalue weighted by Gasteiger charge is -2.65. The maximum absolute atomic E-state index is 13.8. The zero-order valence-electron chi connectivity index (χ0n) is 20.8. The fraction of sp³-hybridized carbons (Fsp3) is 0.483. The van der Waals surface area contributed by atoms with Crippen molar-refractivity contribution in [1.82, 2.24) is 10.2 Å². The molecule has 37 heavy (non-hydrogen) atoms. The summed E-state index contributed by atoms with van der Waals surface area (Å²) in [5.41, 5.74) is 1.39. The molecule has 2 aromatic rings. The summed E-state index contributed by atoms with van der Waals surface area (Å²) in [7, 11) is 1.32. The van der Waals surface area contributed by atoms with Crippen molar-refractivity contribution in [2.45, 2.75) is 61.6 Å². The fourth-order valence-electron chi connectivity index (χ4n) is 7.71. The topological polar surface area (TPSA) is 105 Å². The molecule has 0 aromatic heterocycles. The normalized spacial score (nSPS) is 31.3. The molecule has 1 amide bonds. The van der Waals surface area contributed by atoms with Gasteiger partial charge in [-0.05, 0) is 80.5 Å². The Labute approximate surface area is 214 Å². The molecule has 8 nitrogen and oxygen atoms in total. The molecule has 2 aliphatic heterocycles. The molecule has 192 valence electrons. The van der Waals surface area contributed by atoms with Crippen LogP contribution in [-0.2, 0) is 21.4 Å². The van der Waals surface area contributed by atoms with Gasteiger partial charge in [0.25, 0.3) is 5.91 Å². The number of amides is 1. The van der Waals surface area contributed by atoms with E-state index in [1.165, 1.54) is 20.0 Å².